The van der Waals surface area contributed by atoms with Crippen LogP contribution in [0.1, 0.15) is 64.0 Å². The molecular formula is C28H32N2O3S. The van der Waals surface area contributed by atoms with Crippen molar-refractivity contribution in [2.24, 2.45) is 0 Å². The summed E-state index contributed by atoms with van der Waals surface area (Å²) >= 11 is 0. The highest BCUT2D eigenvalue weighted by Crippen LogP contribution is 2.25. The second-order valence-corrected chi connectivity index (χ2v) is 11.1. The molecule has 0 aromatic heterocycles. The van der Waals surface area contributed by atoms with E-state index in [9.17, 15) is 13.2 Å². The van der Waals surface area contributed by atoms with Gasteiger partial charge in [-0.2, -0.15) is 0 Å². The van der Waals surface area contributed by atoms with Gasteiger partial charge in [-0.25, -0.2) is 8.42 Å². The number of anilines is 1. The van der Waals surface area contributed by atoms with Gasteiger partial charge in [0, 0.05) is 5.56 Å². The van der Waals surface area contributed by atoms with Gasteiger partial charge in [-0.1, -0.05) is 48.0 Å². The van der Waals surface area contributed by atoms with Crippen LogP contribution in [0.2, 0.25) is 0 Å². The van der Waals surface area contributed by atoms with Crippen molar-refractivity contribution in [1.29, 1.82) is 0 Å². The van der Waals surface area contributed by atoms with Gasteiger partial charge in [0.2, 0.25) is 10.0 Å². The Hall–Kier alpha value is -3.12. The van der Waals surface area contributed by atoms with Crippen molar-refractivity contribution in [3.63, 3.8) is 0 Å². The minimum absolute atomic E-state index is 0.117. The highest BCUT2D eigenvalue weighted by atomic mass is 32.2. The summed E-state index contributed by atoms with van der Waals surface area (Å²) in [6, 6.07) is 20.9. The number of amides is 1. The number of carbonyl (C=O) groups excluding carboxylic acids is 1. The first-order valence-corrected chi connectivity index (χ1v) is 13.6. The molecule has 0 aliphatic heterocycles. The van der Waals surface area contributed by atoms with E-state index in [1.165, 1.54) is 34.5 Å². The van der Waals surface area contributed by atoms with Crippen LogP contribution in [-0.4, -0.2) is 20.6 Å². The van der Waals surface area contributed by atoms with Crippen molar-refractivity contribution in [2.75, 3.05) is 10.6 Å². The zero-order valence-corrected chi connectivity index (χ0v) is 20.9. The number of fused-ring (bicyclic) bond motifs is 1. The Bertz CT molecular complexity index is 1270. The predicted octanol–water partition coefficient (Wildman–Crippen LogP) is 5.33. The summed E-state index contributed by atoms with van der Waals surface area (Å²) in [4.78, 5) is 12.9. The van der Waals surface area contributed by atoms with Crippen molar-refractivity contribution in [2.45, 2.75) is 52.1 Å². The van der Waals surface area contributed by atoms with Gasteiger partial charge in [-0.05, 0) is 86.1 Å². The molecule has 0 fully saturated rings. The van der Waals surface area contributed by atoms with Crippen LogP contribution < -0.4 is 9.62 Å². The molecule has 1 aliphatic carbocycles. The fourth-order valence-electron chi connectivity index (χ4n) is 4.42. The van der Waals surface area contributed by atoms with Crippen LogP contribution in [0.15, 0.2) is 66.7 Å². The standard InChI is InChI=1S/C28H32N2O3S/c1-20-8-10-22(11-9-20)19-30(34(3,32)33)27-16-14-24(15-17-27)28(31)29-21(2)25-13-12-23-6-4-5-7-26(23)18-25/h8-18,21H,4-7,19H2,1-3H3,(H,29,31). The lowest BCUT2D eigenvalue weighted by atomic mass is 9.89. The normalized spacial score (nSPS) is 14.2. The molecule has 0 heterocycles. The number of nitrogens with one attached hydrogen (secondary N) is 1. The van der Waals surface area contributed by atoms with Gasteiger partial charge < -0.3 is 5.32 Å². The van der Waals surface area contributed by atoms with E-state index in [0.717, 1.165) is 29.5 Å². The Morgan fingerprint density at radius 2 is 1.59 bits per heavy atom. The van der Waals surface area contributed by atoms with Crippen LogP contribution in [-0.2, 0) is 29.4 Å². The highest BCUT2D eigenvalue weighted by molar-refractivity contribution is 7.92. The quantitative estimate of drug-likeness (QED) is 0.501. The van der Waals surface area contributed by atoms with Gasteiger partial charge >= 0.3 is 0 Å². The first-order chi connectivity index (χ1) is 16.2. The zero-order valence-electron chi connectivity index (χ0n) is 20.0. The second kappa shape index (κ2) is 10.0. The van der Waals surface area contributed by atoms with E-state index in [2.05, 4.69) is 23.5 Å². The summed E-state index contributed by atoms with van der Waals surface area (Å²) in [6.07, 6.45) is 5.90. The van der Waals surface area contributed by atoms with Crippen LogP contribution in [0.25, 0.3) is 0 Å². The maximum atomic E-state index is 12.9. The Morgan fingerprint density at radius 1 is 0.941 bits per heavy atom. The zero-order chi connectivity index (χ0) is 24.3. The van der Waals surface area contributed by atoms with Crippen molar-refractivity contribution < 1.29 is 13.2 Å². The van der Waals surface area contributed by atoms with Crippen molar-refractivity contribution in [3.05, 3.63) is 100 Å². The summed E-state index contributed by atoms with van der Waals surface area (Å²) in [5.74, 6) is -0.179. The van der Waals surface area contributed by atoms with Gasteiger partial charge in [0.1, 0.15) is 0 Å². The molecule has 0 saturated carbocycles. The summed E-state index contributed by atoms with van der Waals surface area (Å²) in [5.41, 5.74) is 6.96. The monoisotopic (exact) mass is 476 g/mol. The molecule has 178 valence electrons. The molecule has 3 aromatic rings. The van der Waals surface area contributed by atoms with Crippen LogP contribution in [0.5, 0.6) is 0 Å². The molecular weight excluding hydrogens is 444 g/mol. The molecule has 5 nitrogen and oxygen atoms in total. The fourth-order valence-corrected chi connectivity index (χ4v) is 5.31. The molecule has 1 N–H and O–H groups in total. The number of aryl methyl sites for hydroxylation is 3. The molecule has 1 amide bonds. The second-order valence-electron chi connectivity index (χ2n) is 9.23. The molecule has 6 heteroatoms. The molecule has 0 spiro atoms. The minimum Gasteiger partial charge on any atom is -0.346 e. The molecule has 0 saturated heterocycles. The molecule has 1 aliphatic rings. The van der Waals surface area contributed by atoms with E-state index >= 15 is 0 Å². The van der Waals surface area contributed by atoms with Crippen LogP contribution in [0.3, 0.4) is 0 Å². The predicted molar refractivity (Wildman–Crippen MR) is 138 cm³/mol. The summed E-state index contributed by atoms with van der Waals surface area (Å²) in [6.45, 7) is 4.22. The highest BCUT2D eigenvalue weighted by Gasteiger charge is 2.19. The molecule has 1 unspecified atom stereocenters. The maximum Gasteiger partial charge on any atom is 0.251 e. The maximum absolute atomic E-state index is 12.9. The largest absolute Gasteiger partial charge is 0.346 e. The summed E-state index contributed by atoms with van der Waals surface area (Å²) in [7, 11) is -3.49. The number of nitrogens with zero attached hydrogens (tertiary/aromatic N) is 1. The third kappa shape index (κ3) is 5.68. The lowest BCUT2D eigenvalue weighted by molar-refractivity contribution is 0.0940. The third-order valence-electron chi connectivity index (χ3n) is 6.48. The SMILES string of the molecule is Cc1ccc(CN(c2ccc(C(=O)NC(C)c3ccc4c(c3)CCCC4)cc2)S(C)(=O)=O)cc1. The number of sulfonamides is 1. The average molecular weight is 477 g/mol. The number of carbonyl (C=O) groups is 1. The van der Waals surface area contributed by atoms with Gasteiger partial charge in [0.15, 0.2) is 0 Å². The Kier molecular flexibility index (Phi) is 7.08. The lowest BCUT2D eigenvalue weighted by Crippen LogP contribution is -2.29. The van der Waals surface area contributed by atoms with Crippen LogP contribution in [0.4, 0.5) is 5.69 Å². The van der Waals surface area contributed by atoms with E-state index in [1.54, 1.807) is 24.3 Å². The van der Waals surface area contributed by atoms with Crippen LogP contribution in [0, 0.1) is 6.92 Å². The van der Waals surface area contributed by atoms with Crippen LogP contribution >= 0.6 is 0 Å². The number of rotatable bonds is 7. The number of benzene rings is 3. The van der Waals surface area contributed by atoms with Crippen molar-refractivity contribution in [3.8, 4) is 0 Å². The molecule has 3 aromatic carbocycles. The average Bonchev–Trinajstić information content (AvgIpc) is 2.82. The minimum atomic E-state index is -3.49. The topological polar surface area (TPSA) is 66.5 Å². The van der Waals surface area contributed by atoms with E-state index in [0.29, 0.717) is 11.3 Å². The first kappa shape index (κ1) is 24.0. The van der Waals surface area contributed by atoms with E-state index in [4.69, 9.17) is 0 Å². The van der Waals surface area contributed by atoms with Gasteiger partial charge in [0.25, 0.3) is 5.91 Å². The van der Waals surface area contributed by atoms with E-state index < -0.39 is 10.0 Å². The Labute approximate surface area is 202 Å². The summed E-state index contributed by atoms with van der Waals surface area (Å²) < 4.78 is 26.3. The molecule has 0 radical (unpaired) electrons. The Morgan fingerprint density at radius 3 is 2.24 bits per heavy atom. The van der Waals surface area contributed by atoms with Crippen molar-refractivity contribution >= 4 is 21.6 Å². The number of hydrogen-bond donors (Lipinski definition) is 1. The molecule has 1 atom stereocenters. The van der Waals surface area contributed by atoms with Gasteiger partial charge in [0.05, 0.1) is 24.5 Å². The van der Waals surface area contributed by atoms with E-state index in [-0.39, 0.29) is 18.5 Å². The Balaban J connectivity index is 1.47. The fraction of sp³-hybridized carbons (Fsp3) is 0.321. The van der Waals surface area contributed by atoms with Crippen molar-refractivity contribution in [1.82, 2.24) is 5.32 Å². The molecule has 4 rings (SSSR count). The van der Waals surface area contributed by atoms with E-state index in [1.807, 2.05) is 38.1 Å². The number of hydrogen-bond acceptors (Lipinski definition) is 3. The third-order valence-corrected chi connectivity index (χ3v) is 7.63. The molecule has 0 bridgehead atoms. The van der Waals surface area contributed by atoms with Gasteiger partial charge in [-0.15, -0.1) is 0 Å². The van der Waals surface area contributed by atoms with Gasteiger partial charge in [-0.3, -0.25) is 9.10 Å². The first-order valence-electron chi connectivity index (χ1n) is 11.8. The lowest BCUT2D eigenvalue weighted by Gasteiger charge is -2.23. The summed E-state index contributed by atoms with van der Waals surface area (Å²) in [5, 5.41) is 3.07. The smallest absolute Gasteiger partial charge is 0.251 e. The molecule has 34 heavy (non-hydrogen) atoms.